The zero-order valence-electron chi connectivity index (χ0n) is 24.7. The van der Waals surface area contributed by atoms with Crippen LogP contribution in [0.25, 0.3) is 6.08 Å². The van der Waals surface area contributed by atoms with E-state index in [1.807, 2.05) is 18.2 Å². The lowest BCUT2D eigenvalue weighted by Crippen LogP contribution is -2.31. The Balaban J connectivity index is 1.25. The maximum Gasteiger partial charge on any atom is 0.272 e. The lowest BCUT2D eigenvalue weighted by molar-refractivity contribution is -0.113. The molecule has 0 saturated carbocycles. The predicted molar refractivity (Wildman–Crippen MR) is 174 cm³/mol. The van der Waals surface area contributed by atoms with Crippen LogP contribution in [-0.4, -0.2) is 55.0 Å². The smallest absolute Gasteiger partial charge is 0.272 e. The minimum absolute atomic E-state index is 0.0371. The highest BCUT2D eigenvalue weighted by Crippen LogP contribution is 2.29. The van der Waals surface area contributed by atoms with Gasteiger partial charge in [-0.1, -0.05) is 42.5 Å². The fourth-order valence-corrected chi connectivity index (χ4v) is 5.66. The second-order valence-electron chi connectivity index (χ2n) is 9.98. The first kappa shape index (κ1) is 31.1. The van der Waals surface area contributed by atoms with E-state index in [0.29, 0.717) is 58.2 Å². The van der Waals surface area contributed by atoms with Gasteiger partial charge in [0.25, 0.3) is 23.6 Å². The number of amides is 4. The van der Waals surface area contributed by atoms with Crippen molar-refractivity contribution in [3.63, 3.8) is 0 Å². The Bertz CT molecular complexity index is 1740. The van der Waals surface area contributed by atoms with Gasteiger partial charge in [-0.15, -0.1) is 11.8 Å². The first-order chi connectivity index (χ1) is 21.9. The second kappa shape index (κ2) is 14.4. The fourth-order valence-electron chi connectivity index (χ4n) is 4.77. The number of carbonyl (C=O) groups excluding carboxylic acids is 4. The van der Waals surface area contributed by atoms with E-state index in [4.69, 9.17) is 9.47 Å². The molecular formula is C35H31N3O6S. The lowest BCUT2D eigenvalue weighted by atomic mass is 10.1. The summed E-state index contributed by atoms with van der Waals surface area (Å²) in [4.78, 5) is 53.9. The molecule has 1 heterocycles. The Labute approximate surface area is 265 Å². The average molecular weight is 622 g/mol. The number of carbonyl (C=O) groups is 4. The van der Waals surface area contributed by atoms with Crippen molar-refractivity contribution in [2.24, 2.45) is 0 Å². The third kappa shape index (κ3) is 7.42. The molecule has 0 saturated heterocycles. The van der Waals surface area contributed by atoms with Crippen molar-refractivity contribution in [3.05, 3.63) is 125 Å². The third-order valence-electron chi connectivity index (χ3n) is 7.01. The van der Waals surface area contributed by atoms with Gasteiger partial charge in [0.05, 0.1) is 25.3 Å². The summed E-state index contributed by atoms with van der Waals surface area (Å²) in [6.07, 6.45) is 2.17. The monoisotopic (exact) mass is 621 g/mol. The molecule has 4 amide bonds. The molecule has 1 aliphatic heterocycles. The van der Waals surface area contributed by atoms with Crippen LogP contribution in [0.2, 0.25) is 0 Å². The summed E-state index contributed by atoms with van der Waals surface area (Å²) in [7, 11) is 3.05. The van der Waals surface area contributed by atoms with Gasteiger partial charge in [0.2, 0.25) is 0 Å². The van der Waals surface area contributed by atoms with Crippen LogP contribution in [-0.2, 0) is 4.79 Å². The molecule has 0 spiro atoms. The molecule has 0 atom stereocenters. The molecule has 0 fully saturated rings. The number of nitrogens with zero attached hydrogens (tertiary/aromatic N) is 1. The van der Waals surface area contributed by atoms with Crippen molar-refractivity contribution >= 4 is 47.2 Å². The second-order valence-corrected chi connectivity index (χ2v) is 11.2. The molecule has 0 unspecified atom stereocenters. The maximum atomic E-state index is 13.5. The van der Waals surface area contributed by atoms with Gasteiger partial charge in [-0.05, 0) is 78.4 Å². The van der Waals surface area contributed by atoms with Crippen LogP contribution < -0.4 is 20.1 Å². The number of hydrogen-bond acceptors (Lipinski definition) is 7. The number of methoxy groups -OCH3 is 2. The summed E-state index contributed by atoms with van der Waals surface area (Å²) in [5.41, 5.74) is 2.49. The van der Waals surface area contributed by atoms with E-state index >= 15 is 0 Å². The fraction of sp³-hybridized carbons (Fsp3) is 0.143. The van der Waals surface area contributed by atoms with Crippen molar-refractivity contribution in [1.29, 1.82) is 0 Å². The summed E-state index contributed by atoms with van der Waals surface area (Å²) >= 11 is 1.55. The van der Waals surface area contributed by atoms with Gasteiger partial charge < -0.3 is 20.1 Å². The van der Waals surface area contributed by atoms with Crippen LogP contribution in [0.5, 0.6) is 11.5 Å². The zero-order chi connectivity index (χ0) is 31.8. The molecule has 1 aliphatic rings. The molecule has 9 nitrogen and oxygen atoms in total. The molecule has 0 aromatic heterocycles. The van der Waals surface area contributed by atoms with Crippen LogP contribution in [0.3, 0.4) is 0 Å². The summed E-state index contributed by atoms with van der Waals surface area (Å²) in [6, 6.07) is 28.0. The largest absolute Gasteiger partial charge is 0.493 e. The number of anilines is 1. The zero-order valence-corrected chi connectivity index (χ0v) is 25.6. The van der Waals surface area contributed by atoms with Gasteiger partial charge in [0.15, 0.2) is 11.5 Å². The Morgan fingerprint density at radius 1 is 0.800 bits per heavy atom. The molecular weight excluding hydrogens is 590 g/mol. The van der Waals surface area contributed by atoms with Crippen molar-refractivity contribution in [3.8, 4) is 11.5 Å². The number of nitrogens with one attached hydrogen (secondary N) is 2. The van der Waals surface area contributed by atoms with Crippen molar-refractivity contribution in [2.45, 2.75) is 11.3 Å². The highest BCUT2D eigenvalue weighted by Gasteiger charge is 2.34. The van der Waals surface area contributed by atoms with Gasteiger partial charge in [0, 0.05) is 22.7 Å². The van der Waals surface area contributed by atoms with E-state index in [1.165, 1.54) is 19.1 Å². The van der Waals surface area contributed by atoms with Crippen LogP contribution in [0.1, 0.15) is 43.1 Å². The van der Waals surface area contributed by atoms with Crippen LogP contribution in [0.15, 0.2) is 108 Å². The first-order valence-electron chi connectivity index (χ1n) is 14.2. The molecule has 0 bridgehead atoms. The quantitative estimate of drug-likeness (QED) is 0.0878. The van der Waals surface area contributed by atoms with Crippen LogP contribution >= 0.6 is 11.8 Å². The first-order valence-corrected chi connectivity index (χ1v) is 15.2. The minimum atomic E-state index is -0.512. The highest BCUT2D eigenvalue weighted by atomic mass is 32.2. The standard InChI is InChI=1S/C35H31N3O6S/c1-43-30-17-16-23(21-31(30)44-2)20-29(37-32(39)24-10-4-3-5-11-24)33(40)36-25-12-8-13-26(22-25)45-19-9-18-38-34(41)27-14-6-7-15-28(27)35(38)42/h3-8,10-17,20-22H,9,18-19H2,1-2H3,(H,36,40)(H,37,39)/b29-20+. The number of thioether (sulfide) groups is 1. The molecule has 4 aromatic rings. The van der Waals surface area contributed by atoms with Crippen molar-refractivity contribution in [1.82, 2.24) is 10.2 Å². The number of ether oxygens (including phenoxy) is 2. The van der Waals surface area contributed by atoms with Crippen molar-refractivity contribution < 1.29 is 28.7 Å². The molecule has 10 heteroatoms. The van der Waals surface area contributed by atoms with Gasteiger partial charge in [-0.25, -0.2) is 0 Å². The number of hydrogen-bond donors (Lipinski definition) is 2. The summed E-state index contributed by atoms with van der Waals surface area (Å²) < 4.78 is 10.7. The normalized spacial score (nSPS) is 12.5. The van der Waals surface area contributed by atoms with Crippen LogP contribution in [0, 0.1) is 0 Å². The summed E-state index contributed by atoms with van der Waals surface area (Å²) in [5.74, 6) is 0.201. The van der Waals surface area contributed by atoms with E-state index in [2.05, 4.69) is 10.6 Å². The highest BCUT2D eigenvalue weighted by molar-refractivity contribution is 7.99. The lowest BCUT2D eigenvalue weighted by Gasteiger charge is -2.14. The molecule has 2 N–H and O–H groups in total. The van der Waals surface area contributed by atoms with Gasteiger partial charge in [-0.3, -0.25) is 24.1 Å². The maximum absolute atomic E-state index is 13.5. The minimum Gasteiger partial charge on any atom is -0.493 e. The third-order valence-corrected chi connectivity index (χ3v) is 8.09. The Morgan fingerprint density at radius 2 is 1.49 bits per heavy atom. The molecule has 0 radical (unpaired) electrons. The number of imide groups is 1. The Morgan fingerprint density at radius 3 is 2.18 bits per heavy atom. The van der Waals surface area contributed by atoms with Crippen molar-refractivity contribution in [2.75, 3.05) is 31.8 Å². The average Bonchev–Trinajstić information content (AvgIpc) is 3.31. The Hall–Kier alpha value is -5.35. The van der Waals surface area contributed by atoms with E-state index < -0.39 is 11.8 Å². The number of rotatable bonds is 12. The summed E-state index contributed by atoms with van der Waals surface area (Å²) in [5, 5.41) is 5.62. The molecule has 45 heavy (non-hydrogen) atoms. The van der Waals surface area contributed by atoms with E-state index in [9.17, 15) is 19.2 Å². The number of fused-ring (bicyclic) bond motifs is 1. The van der Waals surface area contributed by atoms with Gasteiger partial charge >= 0.3 is 0 Å². The van der Waals surface area contributed by atoms with Gasteiger partial charge in [0.1, 0.15) is 5.70 Å². The SMILES string of the molecule is COc1ccc(/C=C(/NC(=O)c2ccccc2)C(=O)Nc2cccc(SCCCN3C(=O)c4ccccc4C3=O)c2)cc1OC. The Kier molecular flexibility index (Phi) is 9.96. The molecule has 228 valence electrons. The number of benzene rings is 4. The van der Waals surface area contributed by atoms with Gasteiger partial charge in [-0.2, -0.15) is 0 Å². The van der Waals surface area contributed by atoms with E-state index in [-0.39, 0.29) is 17.5 Å². The predicted octanol–water partition coefficient (Wildman–Crippen LogP) is 5.89. The van der Waals surface area contributed by atoms with Crippen LogP contribution in [0.4, 0.5) is 5.69 Å². The summed E-state index contributed by atoms with van der Waals surface area (Å²) in [6.45, 7) is 0.321. The molecule has 4 aromatic carbocycles. The van der Waals surface area contributed by atoms with E-state index in [0.717, 1.165) is 4.90 Å². The molecule has 0 aliphatic carbocycles. The van der Waals surface area contributed by atoms with E-state index in [1.54, 1.807) is 96.7 Å². The topological polar surface area (TPSA) is 114 Å². The molecule has 5 rings (SSSR count).